The molecule has 4 nitrogen and oxygen atoms in total. The number of nitrogens with zero attached hydrogens (tertiary/aromatic N) is 1. The van der Waals surface area contributed by atoms with E-state index in [0.717, 1.165) is 11.1 Å². The summed E-state index contributed by atoms with van der Waals surface area (Å²) in [4.78, 5) is 13.0. The van der Waals surface area contributed by atoms with Crippen molar-refractivity contribution in [3.63, 3.8) is 0 Å². The number of carbonyl (C=O) groups is 1. The molecule has 1 amide bonds. The lowest BCUT2D eigenvalue weighted by Gasteiger charge is -2.20. The van der Waals surface area contributed by atoms with Crippen LogP contribution in [-0.4, -0.2) is 17.6 Å². The van der Waals surface area contributed by atoms with Gasteiger partial charge in [-0.1, -0.05) is 36.4 Å². The molecule has 0 bridgehead atoms. The van der Waals surface area contributed by atoms with Gasteiger partial charge in [0.2, 0.25) is 5.91 Å². The summed E-state index contributed by atoms with van der Waals surface area (Å²) < 4.78 is 7.30. The largest absolute Gasteiger partial charge is 0.495 e. The number of rotatable bonds is 6. The molecular weight excluding hydrogens is 312 g/mol. The van der Waals surface area contributed by atoms with Crippen LogP contribution in [0.5, 0.6) is 5.75 Å². The monoisotopic (exact) mass is 334 g/mol. The summed E-state index contributed by atoms with van der Waals surface area (Å²) in [5.74, 6) is 0.592. The van der Waals surface area contributed by atoms with E-state index in [4.69, 9.17) is 4.74 Å². The van der Waals surface area contributed by atoms with Gasteiger partial charge in [-0.15, -0.1) is 0 Å². The lowest BCUT2D eigenvalue weighted by atomic mass is 10.0. The summed E-state index contributed by atoms with van der Waals surface area (Å²) in [6.07, 6.45) is 4.46. The lowest BCUT2D eigenvalue weighted by Crippen LogP contribution is -2.27. The molecule has 0 fully saturated rings. The first-order chi connectivity index (χ1) is 12.2. The second-order valence-electron chi connectivity index (χ2n) is 6.03. The van der Waals surface area contributed by atoms with E-state index in [1.54, 1.807) is 7.11 Å². The molecule has 0 aliphatic rings. The summed E-state index contributed by atoms with van der Waals surface area (Å²) in [6, 6.07) is 19.3. The number of anilines is 1. The molecule has 0 aliphatic carbocycles. The van der Waals surface area contributed by atoms with Crippen molar-refractivity contribution in [2.75, 3.05) is 12.4 Å². The van der Waals surface area contributed by atoms with Crippen LogP contribution in [0.4, 0.5) is 5.69 Å². The van der Waals surface area contributed by atoms with Crippen LogP contribution in [0.2, 0.25) is 0 Å². The fourth-order valence-electron chi connectivity index (χ4n) is 2.86. The Bertz CT molecular complexity index is 826. The van der Waals surface area contributed by atoms with E-state index >= 15 is 0 Å². The number of hydrogen-bond acceptors (Lipinski definition) is 2. The lowest BCUT2D eigenvalue weighted by molar-refractivity contribution is -0.119. The van der Waals surface area contributed by atoms with Crippen molar-refractivity contribution >= 4 is 11.6 Å². The van der Waals surface area contributed by atoms with Crippen molar-refractivity contribution in [1.82, 2.24) is 4.57 Å². The molecular formula is C21H22N2O2. The van der Waals surface area contributed by atoms with Crippen molar-refractivity contribution in [3.8, 4) is 5.75 Å². The van der Waals surface area contributed by atoms with Gasteiger partial charge >= 0.3 is 0 Å². The number of amides is 1. The smallest absolute Gasteiger partial charge is 0.247 e. The fraction of sp³-hybridized carbons (Fsp3) is 0.190. The van der Waals surface area contributed by atoms with E-state index in [2.05, 4.69) is 5.32 Å². The first kappa shape index (κ1) is 16.8. The maximum absolute atomic E-state index is 13.0. The minimum absolute atomic E-state index is 0.0658. The third-order valence-electron chi connectivity index (χ3n) is 4.17. The second-order valence-corrected chi connectivity index (χ2v) is 6.03. The van der Waals surface area contributed by atoms with Crippen molar-refractivity contribution in [2.45, 2.75) is 19.4 Å². The fourth-order valence-corrected chi connectivity index (χ4v) is 2.86. The van der Waals surface area contributed by atoms with E-state index in [9.17, 15) is 4.79 Å². The molecule has 2 aromatic carbocycles. The molecule has 128 valence electrons. The van der Waals surface area contributed by atoms with Crippen molar-refractivity contribution in [1.29, 1.82) is 0 Å². The Balaban J connectivity index is 1.86. The van der Waals surface area contributed by atoms with Crippen LogP contribution in [0, 0.1) is 6.92 Å². The number of benzene rings is 2. The summed E-state index contributed by atoms with van der Waals surface area (Å²) in [5.41, 5.74) is 2.88. The molecule has 1 heterocycles. The molecule has 3 aromatic rings. The van der Waals surface area contributed by atoms with Crippen LogP contribution in [0.3, 0.4) is 0 Å². The first-order valence-electron chi connectivity index (χ1n) is 8.29. The number of hydrogen-bond donors (Lipinski definition) is 1. The summed E-state index contributed by atoms with van der Waals surface area (Å²) >= 11 is 0. The molecule has 1 aromatic heterocycles. The van der Waals surface area contributed by atoms with Crippen molar-refractivity contribution in [2.24, 2.45) is 0 Å². The van der Waals surface area contributed by atoms with Gasteiger partial charge in [-0.05, 0) is 42.3 Å². The number of aryl methyl sites for hydroxylation is 1. The average molecular weight is 334 g/mol. The Kier molecular flexibility index (Phi) is 5.19. The molecule has 0 saturated carbocycles. The van der Waals surface area contributed by atoms with Crippen LogP contribution in [-0.2, 0) is 11.2 Å². The average Bonchev–Trinajstić information content (AvgIpc) is 3.15. The quantitative estimate of drug-likeness (QED) is 0.733. The van der Waals surface area contributed by atoms with E-state index in [0.29, 0.717) is 17.9 Å². The number of carbonyl (C=O) groups excluding carboxylic acids is 1. The predicted molar refractivity (Wildman–Crippen MR) is 100.0 cm³/mol. The van der Waals surface area contributed by atoms with E-state index in [-0.39, 0.29) is 11.9 Å². The summed E-state index contributed by atoms with van der Waals surface area (Å²) in [5, 5.41) is 3.03. The van der Waals surface area contributed by atoms with Gasteiger partial charge in [-0.3, -0.25) is 4.79 Å². The highest BCUT2D eigenvalue weighted by Crippen LogP contribution is 2.27. The number of ether oxygens (including phenoxy) is 1. The minimum atomic E-state index is -0.331. The molecule has 3 rings (SSSR count). The van der Waals surface area contributed by atoms with Gasteiger partial charge in [0.15, 0.2) is 0 Å². The maximum Gasteiger partial charge on any atom is 0.247 e. The Hall–Kier alpha value is -3.01. The highest BCUT2D eigenvalue weighted by Gasteiger charge is 2.21. The van der Waals surface area contributed by atoms with Crippen molar-refractivity contribution in [3.05, 3.63) is 84.2 Å². The van der Waals surface area contributed by atoms with Gasteiger partial charge < -0.3 is 14.6 Å². The van der Waals surface area contributed by atoms with Gasteiger partial charge in [-0.25, -0.2) is 0 Å². The molecule has 4 heteroatoms. The minimum Gasteiger partial charge on any atom is -0.495 e. The Morgan fingerprint density at radius 3 is 2.48 bits per heavy atom. The van der Waals surface area contributed by atoms with Crippen molar-refractivity contribution < 1.29 is 9.53 Å². The zero-order chi connectivity index (χ0) is 17.6. The topological polar surface area (TPSA) is 43.3 Å². The zero-order valence-electron chi connectivity index (χ0n) is 14.5. The third-order valence-corrected chi connectivity index (χ3v) is 4.17. The van der Waals surface area contributed by atoms with Crippen LogP contribution in [0.25, 0.3) is 0 Å². The molecule has 0 spiro atoms. The van der Waals surface area contributed by atoms with Gasteiger partial charge in [0.05, 0.1) is 12.8 Å². The predicted octanol–water partition coefficient (Wildman–Crippen LogP) is 4.23. The van der Waals surface area contributed by atoms with Gasteiger partial charge in [0, 0.05) is 18.8 Å². The molecule has 1 atom stereocenters. The van der Waals surface area contributed by atoms with Crippen LogP contribution >= 0.6 is 0 Å². The molecule has 0 saturated heterocycles. The first-order valence-corrected chi connectivity index (χ1v) is 8.29. The normalized spacial score (nSPS) is 11.8. The van der Waals surface area contributed by atoms with Crippen LogP contribution in [0.15, 0.2) is 73.1 Å². The molecule has 0 aliphatic heterocycles. The van der Waals surface area contributed by atoms with E-state index < -0.39 is 0 Å². The Labute approximate surface area is 148 Å². The summed E-state index contributed by atoms with van der Waals surface area (Å²) in [7, 11) is 1.60. The molecule has 1 unspecified atom stereocenters. The third kappa shape index (κ3) is 4.10. The Morgan fingerprint density at radius 1 is 1.08 bits per heavy atom. The SMILES string of the molecule is COc1ccc(C)cc1NC(=O)C(Cc1ccccc1)n1cccc1. The maximum atomic E-state index is 13.0. The second kappa shape index (κ2) is 7.71. The zero-order valence-corrected chi connectivity index (χ0v) is 14.5. The van der Waals surface area contributed by atoms with E-state index in [1.165, 1.54) is 0 Å². The van der Waals surface area contributed by atoms with Crippen LogP contribution < -0.4 is 10.1 Å². The highest BCUT2D eigenvalue weighted by atomic mass is 16.5. The molecule has 0 radical (unpaired) electrons. The van der Waals surface area contributed by atoms with Crippen LogP contribution in [0.1, 0.15) is 17.2 Å². The number of nitrogens with one attached hydrogen (secondary N) is 1. The number of methoxy groups -OCH3 is 1. The van der Waals surface area contributed by atoms with Gasteiger partial charge in [-0.2, -0.15) is 0 Å². The van der Waals surface area contributed by atoms with Gasteiger partial charge in [0.1, 0.15) is 11.8 Å². The Morgan fingerprint density at radius 2 is 1.80 bits per heavy atom. The van der Waals surface area contributed by atoms with Gasteiger partial charge in [0.25, 0.3) is 0 Å². The highest BCUT2D eigenvalue weighted by molar-refractivity contribution is 5.95. The molecule has 25 heavy (non-hydrogen) atoms. The summed E-state index contributed by atoms with van der Waals surface area (Å²) in [6.45, 7) is 1.99. The van der Waals surface area contributed by atoms with E-state index in [1.807, 2.05) is 84.5 Å². The molecule has 1 N–H and O–H groups in total. The standard InChI is InChI=1S/C21H22N2O2/c1-16-10-11-20(25-2)18(14-16)22-21(24)19(23-12-6-7-13-23)15-17-8-4-3-5-9-17/h3-14,19H,15H2,1-2H3,(H,22,24). The number of aromatic nitrogens is 1.